The number of benzene rings is 2. The Labute approximate surface area is 137 Å². The molecule has 0 saturated heterocycles. The number of carbonyl (C=O) groups is 1. The Morgan fingerprint density at radius 2 is 1.48 bits per heavy atom. The quantitative estimate of drug-likeness (QED) is 0.667. The van der Waals surface area contributed by atoms with Crippen LogP contribution in [0, 0.1) is 0 Å². The van der Waals surface area contributed by atoms with Gasteiger partial charge in [0.05, 0.1) is 0 Å². The maximum Gasteiger partial charge on any atom is 0.254 e. The van der Waals surface area contributed by atoms with Crippen molar-refractivity contribution in [2.75, 3.05) is 0 Å². The van der Waals surface area contributed by atoms with Crippen LogP contribution < -0.4 is 10.1 Å². The van der Waals surface area contributed by atoms with E-state index in [1.807, 2.05) is 12.1 Å². The third-order valence-corrected chi connectivity index (χ3v) is 3.19. The number of hydrogen-bond donors (Lipinski definition) is 1. The number of hydrogen-bond acceptors (Lipinski definition) is 2. The molecule has 2 aromatic carbocycles. The molecule has 0 aliphatic heterocycles. The van der Waals surface area contributed by atoms with Crippen molar-refractivity contribution in [3.05, 3.63) is 66.2 Å². The molecule has 2 rings (SSSR count). The Bertz CT molecular complexity index is 585. The molecule has 0 bridgehead atoms. The lowest BCUT2D eigenvalue weighted by Gasteiger charge is -2.26. The summed E-state index contributed by atoms with van der Waals surface area (Å²) in [6, 6.07) is 17.4. The lowest BCUT2D eigenvalue weighted by Crippen LogP contribution is -2.47. The van der Waals surface area contributed by atoms with Crippen LogP contribution in [0.1, 0.15) is 10.4 Å². The molecule has 3 nitrogen and oxygen atoms in total. The summed E-state index contributed by atoms with van der Waals surface area (Å²) < 4.78 is 3.74. The van der Waals surface area contributed by atoms with Gasteiger partial charge in [-0.15, -0.1) is 0 Å². The molecule has 6 heteroatoms. The smallest absolute Gasteiger partial charge is 0.254 e. The van der Waals surface area contributed by atoms with Crippen LogP contribution in [0.5, 0.6) is 5.75 Å². The molecule has 2 aromatic rings. The van der Waals surface area contributed by atoms with Crippen LogP contribution in [0.15, 0.2) is 60.7 Å². The number of ether oxygens (including phenoxy) is 1. The van der Waals surface area contributed by atoms with E-state index in [2.05, 4.69) is 5.32 Å². The topological polar surface area (TPSA) is 38.3 Å². The number of halogens is 3. The van der Waals surface area contributed by atoms with Gasteiger partial charge in [-0.1, -0.05) is 71.2 Å². The molecule has 0 unspecified atom stereocenters. The molecule has 0 spiro atoms. The average molecular weight is 345 g/mol. The van der Waals surface area contributed by atoms with Crippen molar-refractivity contribution >= 4 is 40.7 Å². The summed E-state index contributed by atoms with van der Waals surface area (Å²) in [5.74, 6) is 0.102. The monoisotopic (exact) mass is 343 g/mol. The van der Waals surface area contributed by atoms with Crippen LogP contribution in [0.2, 0.25) is 0 Å². The van der Waals surface area contributed by atoms with E-state index in [0.717, 1.165) is 0 Å². The zero-order valence-corrected chi connectivity index (χ0v) is 13.1. The fraction of sp³-hybridized carbons (Fsp3) is 0.133. The van der Waals surface area contributed by atoms with Gasteiger partial charge in [0, 0.05) is 5.56 Å². The first-order chi connectivity index (χ1) is 9.97. The lowest BCUT2D eigenvalue weighted by molar-refractivity contribution is 0.0833. The standard InChI is InChI=1S/C15H12Cl3NO2/c16-15(17,18)14(21-12-9-5-2-6-10-12)19-13(20)11-7-3-1-4-8-11/h1-10,14H,(H,19,20)/t14-/m1/s1. The van der Waals surface area contributed by atoms with E-state index in [4.69, 9.17) is 39.5 Å². The first-order valence-electron chi connectivity index (χ1n) is 6.11. The minimum atomic E-state index is -1.81. The first kappa shape index (κ1) is 16.0. The zero-order chi connectivity index (χ0) is 15.3. The number of rotatable bonds is 4. The molecule has 1 N–H and O–H groups in total. The fourth-order valence-corrected chi connectivity index (χ4v) is 1.90. The van der Waals surface area contributed by atoms with E-state index >= 15 is 0 Å². The summed E-state index contributed by atoms with van der Waals surface area (Å²) in [5, 5.41) is 2.56. The maximum atomic E-state index is 12.1. The summed E-state index contributed by atoms with van der Waals surface area (Å²) in [5.41, 5.74) is 0.452. The lowest BCUT2D eigenvalue weighted by atomic mass is 10.2. The van der Waals surface area contributed by atoms with Crippen molar-refractivity contribution in [2.24, 2.45) is 0 Å². The van der Waals surface area contributed by atoms with E-state index in [1.54, 1.807) is 48.5 Å². The van der Waals surface area contributed by atoms with Gasteiger partial charge in [-0.3, -0.25) is 4.79 Å². The second kappa shape index (κ2) is 7.03. The largest absolute Gasteiger partial charge is 0.466 e. The molecule has 1 amide bonds. The summed E-state index contributed by atoms with van der Waals surface area (Å²) in [6.45, 7) is 0. The van der Waals surface area contributed by atoms with Crippen LogP contribution >= 0.6 is 34.8 Å². The number of alkyl halides is 3. The Hall–Kier alpha value is -1.42. The summed E-state index contributed by atoms with van der Waals surface area (Å²) in [4.78, 5) is 12.1. The SMILES string of the molecule is O=C(N[C@H](Oc1ccccc1)C(Cl)(Cl)Cl)c1ccccc1. The Kier molecular flexibility index (Phi) is 5.34. The molecule has 0 fully saturated rings. The second-order valence-electron chi connectivity index (χ2n) is 4.19. The van der Waals surface area contributed by atoms with Crippen LogP contribution in [-0.4, -0.2) is 15.9 Å². The number of para-hydroxylation sites is 1. The molecule has 110 valence electrons. The van der Waals surface area contributed by atoms with Gasteiger partial charge in [0.1, 0.15) is 5.75 Å². The molecule has 0 aliphatic rings. The normalized spacial score (nSPS) is 12.5. The van der Waals surface area contributed by atoms with Crippen LogP contribution in [0.3, 0.4) is 0 Å². The molecular formula is C15H12Cl3NO2. The molecule has 0 aliphatic carbocycles. The summed E-state index contributed by atoms with van der Waals surface area (Å²) in [6.07, 6.45) is -1.11. The Morgan fingerprint density at radius 3 is 2.00 bits per heavy atom. The van der Waals surface area contributed by atoms with Gasteiger partial charge in [-0.05, 0) is 24.3 Å². The molecule has 21 heavy (non-hydrogen) atoms. The highest BCUT2D eigenvalue weighted by Crippen LogP contribution is 2.32. The third kappa shape index (κ3) is 4.81. The van der Waals surface area contributed by atoms with Gasteiger partial charge >= 0.3 is 0 Å². The van der Waals surface area contributed by atoms with E-state index in [1.165, 1.54) is 0 Å². The highest BCUT2D eigenvalue weighted by molar-refractivity contribution is 6.68. The first-order valence-corrected chi connectivity index (χ1v) is 7.24. The molecule has 0 aromatic heterocycles. The minimum Gasteiger partial charge on any atom is -0.466 e. The number of carbonyl (C=O) groups excluding carboxylic acids is 1. The second-order valence-corrected chi connectivity index (χ2v) is 6.56. The third-order valence-electron chi connectivity index (χ3n) is 2.59. The van der Waals surface area contributed by atoms with Crippen LogP contribution in [0.4, 0.5) is 0 Å². The Morgan fingerprint density at radius 1 is 0.952 bits per heavy atom. The van der Waals surface area contributed by atoms with Crippen molar-refractivity contribution in [1.82, 2.24) is 5.32 Å². The molecule has 0 saturated carbocycles. The molecule has 0 heterocycles. The van der Waals surface area contributed by atoms with Crippen molar-refractivity contribution in [3.63, 3.8) is 0 Å². The number of nitrogens with one attached hydrogen (secondary N) is 1. The van der Waals surface area contributed by atoms with Gasteiger partial charge in [-0.25, -0.2) is 0 Å². The van der Waals surface area contributed by atoms with Gasteiger partial charge in [0.2, 0.25) is 10.0 Å². The molecular weight excluding hydrogens is 333 g/mol. The summed E-state index contributed by atoms with van der Waals surface area (Å²) >= 11 is 17.6. The average Bonchev–Trinajstić information content (AvgIpc) is 2.47. The zero-order valence-electron chi connectivity index (χ0n) is 10.8. The predicted molar refractivity (Wildman–Crippen MR) is 85.1 cm³/mol. The van der Waals surface area contributed by atoms with Gasteiger partial charge < -0.3 is 10.1 Å². The van der Waals surface area contributed by atoms with Crippen LogP contribution in [-0.2, 0) is 0 Å². The molecule has 1 atom stereocenters. The number of amides is 1. The van der Waals surface area contributed by atoms with E-state index in [-0.39, 0.29) is 5.91 Å². The molecule has 0 radical (unpaired) electrons. The van der Waals surface area contributed by atoms with E-state index < -0.39 is 10.0 Å². The van der Waals surface area contributed by atoms with E-state index in [0.29, 0.717) is 11.3 Å². The van der Waals surface area contributed by atoms with E-state index in [9.17, 15) is 4.79 Å². The maximum absolute atomic E-state index is 12.1. The minimum absolute atomic E-state index is 0.386. The van der Waals surface area contributed by atoms with Crippen molar-refractivity contribution in [1.29, 1.82) is 0 Å². The predicted octanol–water partition coefficient (Wildman–Crippen LogP) is 4.19. The highest BCUT2D eigenvalue weighted by atomic mass is 35.6. The highest BCUT2D eigenvalue weighted by Gasteiger charge is 2.36. The van der Waals surface area contributed by atoms with Crippen LogP contribution in [0.25, 0.3) is 0 Å². The van der Waals surface area contributed by atoms with Crippen molar-refractivity contribution < 1.29 is 9.53 Å². The van der Waals surface area contributed by atoms with Crippen molar-refractivity contribution in [3.8, 4) is 5.75 Å². The fourth-order valence-electron chi connectivity index (χ4n) is 1.61. The van der Waals surface area contributed by atoms with Crippen molar-refractivity contribution in [2.45, 2.75) is 10.0 Å². The van der Waals surface area contributed by atoms with Gasteiger partial charge in [0.15, 0.2) is 0 Å². The Balaban J connectivity index is 2.12. The van der Waals surface area contributed by atoms with Gasteiger partial charge in [0.25, 0.3) is 5.91 Å². The summed E-state index contributed by atoms with van der Waals surface area (Å²) in [7, 11) is 0. The van der Waals surface area contributed by atoms with Gasteiger partial charge in [-0.2, -0.15) is 0 Å².